The van der Waals surface area contributed by atoms with Crippen molar-refractivity contribution in [3.05, 3.63) is 35.9 Å². The van der Waals surface area contributed by atoms with Gasteiger partial charge in [0.1, 0.15) is 5.75 Å². The van der Waals surface area contributed by atoms with Crippen LogP contribution in [0.5, 0.6) is 5.75 Å². The minimum atomic E-state index is -4.65. The largest absolute Gasteiger partial charge is 0.573 e. The van der Waals surface area contributed by atoms with Gasteiger partial charge in [-0.05, 0) is 6.07 Å². The third kappa shape index (κ3) is 4.38. The maximum absolute atomic E-state index is 12.0. The Morgan fingerprint density at radius 3 is 2.53 bits per heavy atom. The molecule has 0 aromatic heterocycles. The van der Waals surface area contributed by atoms with Gasteiger partial charge in [-0.2, -0.15) is 0 Å². The van der Waals surface area contributed by atoms with Crippen LogP contribution in [0.4, 0.5) is 13.2 Å². The minimum absolute atomic E-state index is 0.192. The fourth-order valence-corrected chi connectivity index (χ4v) is 1.19. The molecule has 15 heavy (non-hydrogen) atoms. The first-order valence-corrected chi connectivity index (χ1v) is 5.22. The molecule has 0 atom stereocenters. The highest BCUT2D eigenvalue weighted by Gasteiger charge is 2.31. The Labute approximate surface area is 93.7 Å². The van der Waals surface area contributed by atoms with Gasteiger partial charge in [-0.25, -0.2) is 0 Å². The summed E-state index contributed by atoms with van der Waals surface area (Å²) >= 11 is 3.14. The summed E-state index contributed by atoms with van der Waals surface area (Å²) in [6.45, 7) is 0. The maximum atomic E-state index is 12.0. The van der Waals surface area contributed by atoms with E-state index >= 15 is 0 Å². The lowest BCUT2D eigenvalue weighted by Crippen LogP contribution is -2.17. The lowest BCUT2D eigenvalue weighted by molar-refractivity contribution is -0.274. The third-order valence-electron chi connectivity index (χ3n) is 1.53. The van der Waals surface area contributed by atoms with Crippen LogP contribution < -0.4 is 4.74 Å². The molecule has 0 aliphatic rings. The molecule has 0 saturated heterocycles. The van der Waals surface area contributed by atoms with Crippen molar-refractivity contribution in [2.45, 2.75) is 6.36 Å². The molecule has 82 valence electrons. The minimum Gasteiger partial charge on any atom is -0.405 e. The van der Waals surface area contributed by atoms with Crippen LogP contribution in [0.15, 0.2) is 30.3 Å². The Kier molecular flexibility index (Phi) is 4.20. The highest BCUT2D eigenvalue weighted by Crippen LogP contribution is 2.26. The molecule has 0 spiro atoms. The van der Waals surface area contributed by atoms with Crippen molar-refractivity contribution in [2.24, 2.45) is 0 Å². The molecule has 0 amide bonds. The van der Waals surface area contributed by atoms with Crippen molar-refractivity contribution >= 4 is 22.0 Å². The van der Waals surface area contributed by atoms with E-state index in [1.165, 1.54) is 12.1 Å². The van der Waals surface area contributed by atoms with Gasteiger partial charge in [0.15, 0.2) is 0 Å². The fraction of sp³-hybridized carbons (Fsp3) is 0.200. The number of hydrogen-bond acceptors (Lipinski definition) is 1. The fourth-order valence-electron chi connectivity index (χ4n) is 1.01. The molecule has 0 bridgehead atoms. The van der Waals surface area contributed by atoms with Gasteiger partial charge >= 0.3 is 6.36 Å². The van der Waals surface area contributed by atoms with Crippen LogP contribution in [0.2, 0.25) is 0 Å². The summed E-state index contributed by atoms with van der Waals surface area (Å²) in [6, 6.07) is 5.98. The van der Waals surface area contributed by atoms with E-state index in [4.69, 9.17) is 0 Å². The molecule has 0 radical (unpaired) electrons. The number of rotatable bonds is 3. The first-order valence-electron chi connectivity index (χ1n) is 4.10. The predicted octanol–water partition coefficient (Wildman–Crippen LogP) is 3.99. The molecule has 1 rings (SSSR count). The van der Waals surface area contributed by atoms with Crippen LogP contribution in [0.1, 0.15) is 5.56 Å². The van der Waals surface area contributed by atoms with E-state index in [2.05, 4.69) is 20.7 Å². The van der Waals surface area contributed by atoms with Crippen molar-refractivity contribution in [3.63, 3.8) is 0 Å². The Bertz CT molecular complexity index is 347. The number of para-hydroxylation sites is 1. The van der Waals surface area contributed by atoms with Crippen molar-refractivity contribution in [1.82, 2.24) is 0 Å². The molecule has 1 aromatic carbocycles. The highest BCUT2D eigenvalue weighted by atomic mass is 79.9. The van der Waals surface area contributed by atoms with Gasteiger partial charge in [-0.1, -0.05) is 46.3 Å². The zero-order valence-electron chi connectivity index (χ0n) is 7.59. The van der Waals surface area contributed by atoms with Crippen molar-refractivity contribution < 1.29 is 17.9 Å². The molecule has 0 unspecified atom stereocenters. The Morgan fingerprint density at radius 2 is 1.93 bits per heavy atom. The number of hydrogen-bond donors (Lipinski definition) is 0. The molecule has 1 aromatic rings. The molecule has 0 N–H and O–H groups in total. The Morgan fingerprint density at radius 1 is 1.27 bits per heavy atom. The normalized spacial score (nSPS) is 12.0. The van der Waals surface area contributed by atoms with Gasteiger partial charge in [-0.3, -0.25) is 0 Å². The molecule has 5 heteroatoms. The molecule has 0 fully saturated rings. The van der Waals surface area contributed by atoms with E-state index in [1.807, 2.05) is 0 Å². The van der Waals surface area contributed by atoms with Crippen LogP contribution in [0, 0.1) is 0 Å². The van der Waals surface area contributed by atoms with Crippen LogP contribution in [-0.2, 0) is 0 Å². The summed E-state index contributed by atoms with van der Waals surface area (Å²) in [5, 5.41) is 0.577. The quantitative estimate of drug-likeness (QED) is 0.761. The van der Waals surface area contributed by atoms with E-state index in [1.54, 1.807) is 24.3 Å². The van der Waals surface area contributed by atoms with Crippen molar-refractivity contribution in [1.29, 1.82) is 0 Å². The Hall–Kier alpha value is -0.970. The van der Waals surface area contributed by atoms with E-state index in [0.717, 1.165) is 0 Å². The summed E-state index contributed by atoms with van der Waals surface area (Å²) in [5.74, 6) is -0.192. The summed E-state index contributed by atoms with van der Waals surface area (Å²) in [6.07, 6.45) is -1.40. The molecule has 0 saturated carbocycles. The zero-order valence-corrected chi connectivity index (χ0v) is 9.18. The summed E-state index contributed by atoms with van der Waals surface area (Å²) < 4.78 is 39.8. The SMILES string of the molecule is FC(F)(F)Oc1ccccc1C=CCBr. The molecule has 0 aliphatic heterocycles. The van der Waals surface area contributed by atoms with Crippen molar-refractivity contribution in [3.8, 4) is 5.75 Å². The van der Waals surface area contributed by atoms with E-state index < -0.39 is 6.36 Å². The third-order valence-corrected chi connectivity index (χ3v) is 1.91. The second-order valence-corrected chi connectivity index (χ2v) is 3.29. The molecular formula is C10H8BrF3O. The van der Waals surface area contributed by atoms with E-state index in [0.29, 0.717) is 10.9 Å². The monoisotopic (exact) mass is 280 g/mol. The maximum Gasteiger partial charge on any atom is 0.573 e. The summed E-state index contributed by atoms with van der Waals surface area (Å²) in [4.78, 5) is 0. The predicted molar refractivity (Wildman–Crippen MR) is 56.0 cm³/mol. The van der Waals surface area contributed by atoms with Crippen molar-refractivity contribution in [2.75, 3.05) is 5.33 Å². The van der Waals surface area contributed by atoms with Crippen LogP contribution in [-0.4, -0.2) is 11.7 Å². The van der Waals surface area contributed by atoms with Gasteiger partial charge in [-0.15, -0.1) is 13.2 Å². The van der Waals surface area contributed by atoms with E-state index in [9.17, 15) is 13.2 Å². The van der Waals surface area contributed by atoms with Gasteiger partial charge in [0, 0.05) is 10.9 Å². The standard InChI is InChI=1S/C10H8BrF3O/c11-7-3-5-8-4-1-2-6-9(8)15-10(12,13)14/h1-6H,7H2. The molecular weight excluding hydrogens is 273 g/mol. The summed E-state index contributed by atoms with van der Waals surface area (Å²) in [7, 11) is 0. The number of ether oxygens (including phenoxy) is 1. The van der Waals surface area contributed by atoms with Gasteiger partial charge in [0.2, 0.25) is 0 Å². The number of allylic oxidation sites excluding steroid dienone is 1. The lowest BCUT2D eigenvalue weighted by atomic mass is 10.2. The van der Waals surface area contributed by atoms with Crippen LogP contribution in [0.25, 0.3) is 6.08 Å². The average Bonchev–Trinajstić information content (AvgIpc) is 2.14. The van der Waals surface area contributed by atoms with Crippen LogP contribution >= 0.6 is 15.9 Å². The second kappa shape index (κ2) is 5.21. The molecule has 0 heterocycles. The first-order chi connectivity index (χ1) is 7.03. The number of halogens is 4. The zero-order chi connectivity index (χ0) is 11.3. The smallest absolute Gasteiger partial charge is 0.405 e. The summed E-state index contributed by atoms with van der Waals surface area (Å²) in [5.41, 5.74) is 0.397. The highest BCUT2D eigenvalue weighted by molar-refractivity contribution is 9.09. The van der Waals surface area contributed by atoms with Gasteiger partial charge in [0.25, 0.3) is 0 Å². The number of alkyl halides is 4. The second-order valence-electron chi connectivity index (χ2n) is 2.64. The topological polar surface area (TPSA) is 9.23 Å². The Balaban J connectivity index is 2.91. The molecule has 1 nitrogen and oxygen atoms in total. The number of benzene rings is 1. The molecule has 0 aliphatic carbocycles. The lowest BCUT2D eigenvalue weighted by Gasteiger charge is -2.10. The average molecular weight is 281 g/mol. The van der Waals surface area contributed by atoms with E-state index in [-0.39, 0.29) is 5.75 Å². The van der Waals surface area contributed by atoms with Gasteiger partial charge in [0.05, 0.1) is 0 Å². The first kappa shape index (κ1) is 12.1. The van der Waals surface area contributed by atoms with Crippen LogP contribution in [0.3, 0.4) is 0 Å². The van der Waals surface area contributed by atoms with Gasteiger partial charge < -0.3 is 4.74 Å².